The summed E-state index contributed by atoms with van der Waals surface area (Å²) in [7, 11) is 0. The lowest BCUT2D eigenvalue weighted by Crippen LogP contribution is -2.59. The monoisotopic (exact) mass is 294 g/mol. The van der Waals surface area contributed by atoms with Gasteiger partial charge < -0.3 is 15.3 Å². The predicted octanol–water partition coefficient (Wildman–Crippen LogP) is 2.77. The van der Waals surface area contributed by atoms with E-state index in [-0.39, 0.29) is 6.03 Å². The molecule has 0 spiro atoms. The highest BCUT2D eigenvalue weighted by Crippen LogP contribution is 2.34. The average Bonchev–Trinajstić information content (AvgIpc) is 2.48. The van der Waals surface area contributed by atoms with Crippen LogP contribution in [-0.4, -0.2) is 40.6 Å². The van der Waals surface area contributed by atoms with Gasteiger partial charge in [-0.1, -0.05) is 25.0 Å². The smallest absolute Gasteiger partial charge is 0.329 e. The molecule has 2 rings (SSSR count). The summed E-state index contributed by atoms with van der Waals surface area (Å²) in [6.07, 6.45) is 6.81. The zero-order valence-electron chi connectivity index (χ0n) is 13.0. The number of nitrogens with one attached hydrogen (secondary N) is 1. The van der Waals surface area contributed by atoms with Crippen molar-refractivity contribution in [1.29, 1.82) is 0 Å². The summed E-state index contributed by atoms with van der Waals surface area (Å²) in [6, 6.07) is -0.240. The zero-order chi connectivity index (χ0) is 15.5. The molecule has 5 heteroatoms. The molecule has 0 unspecified atom stereocenters. The highest BCUT2D eigenvalue weighted by atomic mass is 16.4. The van der Waals surface area contributed by atoms with Crippen LogP contribution in [0.5, 0.6) is 0 Å². The van der Waals surface area contributed by atoms with Crippen LogP contribution in [0.1, 0.15) is 52.4 Å². The van der Waals surface area contributed by atoms with Crippen LogP contribution in [0.3, 0.4) is 0 Å². The van der Waals surface area contributed by atoms with E-state index >= 15 is 0 Å². The van der Waals surface area contributed by atoms with E-state index in [2.05, 4.69) is 19.2 Å². The first-order valence-electron chi connectivity index (χ1n) is 7.93. The van der Waals surface area contributed by atoms with Crippen LogP contribution in [0.4, 0.5) is 4.79 Å². The van der Waals surface area contributed by atoms with E-state index in [9.17, 15) is 14.7 Å². The molecule has 0 aromatic heterocycles. The number of rotatable bonds is 3. The maximum atomic E-state index is 12.4. The van der Waals surface area contributed by atoms with Gasteiger partial charge in [0.15, 0.2) is 0 Å². The fourth-order valence-corrected chi connectivity index (χ4v) is 3.21. The second-order valence-corrected chi connectivity index (χ2v) is 6.42. The topological polar surface area (TPSA) is 69.6 Å². The third kappa shape index (κ3) is 3.57. The van der Waals surface area contributed by atoms with Crippen LogP contribution in [0.2, 0.25) is 0 Å². The molecular weight excluding hydrogens is 268 g/mol. The first-order chi connectivity index (χ1) is 9.97. The largest absolute Gasteiger partial charge is 0.480 e. The van der Waals surface area contributed by atoms with E-state index in [1.54, 1.807) is 4.90 Å². The summed E-state index contributed by atoms with van der Waals surface area (Å²) in [5.74, 6) is -0.302. The molecule has 0 radical (unpaired) electrons. The van der Waals surface area contributed by atoms with Crippen molar-refractivity contribution in [1.82, 2.24) is 10.2 Å². The molecule has 0 aromatic rings. The second-order valence-electron chi connectivity index (χ2n) is 6.42. The van der Waals surface area contributed by atoms with Gasteiger partial charge in [0.2, 0.25) is 0 Å². The molecule has 2 amide bonds. The van der Waals surface area contributed by atoms with Crippen LogP contribution in [0.25, 0.3) is 0 Å². The number of hydrogen-bond donors (Lipinski definition) is 2. The fraction of sp³-hybridized carbons (Fsp3) is 0.750. The Kier molecular flexibility index (Phi) is 4.91. The summed E-state index contributed by atoms with van der Waals surface area (Å²) in [5, 5.41) is 12.4. The van der Waals surface area contributed by atoms with Crippen molar-refractivity contribution in [3.63, 3.8) is 0 Å². The molecule has 0 aromatic carbocycles. The molecule has 2 N–H and O–H groups in total. The lowest BCUT2D eigenvalue weighted by molar-refractivity contribution is -0.146. The molecule has 0 bridgehead atoms. The van der Waals surface area contributed by atoms with Gasteiger partial charge in [0.1, 0.15) is 5.54 Å². The molecule has 1 saturated carbocycles. The summed E-state index contributed by atoms with van der Waals surface area (Å²) < 4.78 is 0. The normalized spacial score (nSPS) is 29.7. The number of urea groups is 1. The van der Waals surface area contributed by atoms with E-state index in [1.807, 2.05) is 6.08 Å². The van der Waals surface area contributed by atoms with Crippen LogP contribution in [0.15, 0.2) is 11.6 Å². The van der Waals surface area contributed by atoms with Crippen LogP contribution in [-0.2, 0) is 4.79 Å². The van der Waals surface area contributed by atoms with E-state index in [4.69, 9.17) is 0 Å². The minimum absolute atomic E-state index is 0.240. The first-order valence-corrected chi connectivity index (χ1v) is 7.93. The number of nitrogens with zero attached hydrogens (tertiary/aromatic N) is 1. The van der Waals surface area contributed by atoms with Gasteiger partial charge in [0.25, 0.3) is 0 Å². The summed E-state index contributed by atoms with van der Waals surface area (Å²) in [6.45, 7) is 5.44. The molecule has 0 saturated heterocycles. The molecule has 21 heavy (non-hydrogen) atoms. The Balaban J connectivity index is 2.00. The van der Waals surface area contributed by atoms with E-state index in [0.29, 0.717) is 31.8 Å². The van der Waals surface area contributed by atoms with Gasteiger partial charge in [-0.2, -0.15) is 0 Å². The van der Waals surface area contributed by atoms with E-state index in [1.165, 1.54) is 5.57 Å². The number of carbonyl (C=O) groups is 2. The van der Waals surface area contributed by atoms with Gasteiger partial charge in [0.05, 0.1) is 0 Å². The Morgan fingerprint density at radius 2 is 2.10 bits per heavy atom. The van der Waals surface area contributed by atoms with Crippen molar-refractivity contribution in [2.24, 2.45) is 5.92 Å². The summed E-state index contributed by atoms with van der Waals surface area (Å²) >= 11 is 0. The number of aliphatic carboxylic acids is 1. The maximum Gasteiger partial charge on any atom is 0.329 e. The molecule has 2 aliphatic rings. The average molecular weight is 294 g/mol. The molecule has 1 aliphatic carbocycles. The quantitative estimate of drug-likeness (QED) is 0.786. The number of carboxylic acid groups (broad SMARTS) is 1. The van der Waals surface area contributed by atoms with E-state index in [0.717, 1.165) is 25.7 Å². The third-order valence-corrected chi connectivity index (χ3v) is 5.02. The first kappa shape index (κ1) is 15.9. The molecule has 118 valence electrons. The van der Waals surface area contributed by atoms with Crippen molar-refractivity contribution in [2.45, 2.75) is 57.9 Å². The lowest BCUT2D eigenvalue weighted by atomic mass is 9.75. The van der Waals surface area contributed by atoms with Gasteiger partial charge in [0, 0.05) is 13.1 Å². The van der Waals surface area contributed by atoms with Gasteiger partial charge in [-0.25, -0.2) is 9.59 Å². The minimum atomic E-state index is -1.07. The van der Waals surface area contributed by atoms with Gasteiger partial charge in [-0.3, -0.25) is 0 Å². The van der Waals surface area contributed by atoms with Crippen LogP contribution in [0, 0.1) is 5.92 Å². The Morgan fingerprint density at radius 1 is 1.43 bits per heavy atom. The zero-order valence-corrected chi connectivity index (χ0v) is 13.0. The molecule has 0 atom stereocenters. The van der Waals surface area contributed by atoms with Crippen molar-refractivity contribution < 1.29 is 14.7 Å². The summed E-state index contributed by atoms with van der Waals surface area (Å²) in [5.41, 5.74) is 0.217. The Morgan fingerprint density at radius 3 is 2.57 bits per heavy atom. The second kappa shape index (κ2) is 6.50. The lowest BCUT2D eigenvalue weighted by Gasteiger charge is -2.39. The van der Waals surface area contributed by atoms with Gasteiger partial charge in [-0.05, 0) is 44.9 Å². The Bertz CT molecular complexity index is 437. The van der Waals surface area contributed by atoms with Crippen molar-refractivity contribution >= 4 is 12.0 Å². The van der Waals surface area contributed by atoms with Crippen molar-refractivity contribution in [3.05, 3.63) is 11.6 Å². The van der Waals surface area contributed by atoms with Gasteiger partial charge >= 0.3 is 12.0 Å². The Hall–Kier alpha value is -1.52. The number of amides is 2. The fourth-order valence-electron chi connectivity index (χ4n) is 3.21. The van der Waals surface area contributed by atoms with Gasteiger partial charge in [-0.15, -0.1) is 0 Å². The minimum Gasteiger partial charge on any atom is -0.480 e. The number of hydrogen-bond acceptors (Lipinski definition) is 2. The Labute approximate surface area is 126 Å². The van der Waals surface area contributed by atoms with Crippen LogP contribution >= 0.6 is 0 Å². The molecule has 1 heterocycles. The molecule has 1 fully saturated rings. The molecule has 1 aliphatic heterocycles. The number of carbonyl (C=O) groups excluding carboxylic acids is 1. The molecular formula is C16H26N2O3. The van der Waals surface area contributed by atoms with Crippen molar-refractivity contribution in [2.75, 3.05) is 13.1 Å². The highest BCUT2D eigenvalue weighted by molar-refractivity contribution is 5.86. The predicted molar refractivity (Wildman–Crippen MR) is 81.1 cm³/mol. The third-order valence-electron chi connectivity index (χ3n) is 5.02. The van der Waals surface area contributed by atoms with Crippen LogP contribution < -0.4 is 5.32 Å². The summed E-state index contributed by atoms with van der Waals surface area (Å²) in [4.78, 5) is 25.8. The number of carboxylic acids is 1. The highest BCUT2D eigenvalue weighted by Gasteiger charge is 2.43. The standard InChI is InChI=1S/C16H26N2O3/c1-3-13-4-8-16(9-5-13,14(19)20)17-15(21)18-10-6-12(2)7-11-18/h6,13H,3-5,7-11H2,1-2H3,(H,17,21)(H,19,20). The van der Waals surface area contributed by atoms with Crippen molar-refractivity contribution in [3.8, 4) is 0 Å². The maximum absolute atomic E-state index is 12.4. The SMILES string of the molecule is CCC1CCC(NC(=O)N2CC=C(C)CC2)(C(=O)O)CC1. The molecule has 5 nitrogen and oxygen atoms in total. The van der Waals surface area contributed by atoms with E-state index < -0.39 is 11.5 Å².